The van der Waals surface area contributed by atoms with Gasteiger partial charge in [0.1, 0.15) is 12.6 Å². The number of fused-ring (bicyclic) bond motifs is 1. The monoisotopic (exact) mass is 437 g/mol. The van der Waals surface area contributed by atoms with E-state index in [-0.39, 0.29) is 6.61 Å². The van der Waals surface area contributed by atoms with Crippen LogP contribution in [0.4, 0.5) is 0 Å². The summed E-state index contributed by atoms with van der Waals surface area (Å²) in [5.74, 6) is -3.86. The van der Waals surface area contributed by atoms with Crippen molar-refractivity contribution < 1.29 is 28.6 Å². The number of hydrogen-bond donors (Lipinski definition) is 0. The number of cyclic esters (lactones) is 1. The number of hydrogen-bond acceptors (Lipinski definition) is 7. The Labute approximate surface area is 187 Å². The van der Waals surface area contributed by atoms with Gasteiger partial charge < -0.3 is 14.2 Å². The third-order valence-electron chi connectivity index (χ3n) is 7.03. The van der Waals surface area contributed by atoms with Crippen molar-refractivity contribution >= 4 is 17.9 Å². The lowest BCUT2D eigenvalue weighted by molar-refractivity contribution is -0.182. The molecule has 0 saturated carbocycles. The lowest BCUT2D eigenvalue weighted by atomic mass is 9.74. The Morgan fingerprint density at radius 2 is 1.44 bits per heavy atom. The standard InChI is InChI=1S/C25H27NO6/c1-24(16-11-7-5-8-12-16)15-32-23(29)20-18(21(27)30-3)19(22(28)31-4)25(2,26(20)24)17-13-9-6-10-14-17/h5-14,18-20H,15H2,1-4H3/t18-,19+,20?,24+,25+/m0/s1. The minimum atomic E-state index is -1.09. The zero-order chi connectivity index (χ0) is 23.1. The third kappa shape index (κ3) is 3.03. The van der Waals surface area contributed by atoms with Crippen LogP contribution in [0.2, 0.25) is 0 Å². The van der Waals surface area contributed by atoms with E-state index in [4.69, 9.17) is 14.2 Å². The predicted octanol–water partition coefficient (Wildman–Crippen LogP) is 2.64. The fourth-order valence-corrected chi connectivity index (χ4v) is 5.59. The molecular weight excluding hydrogens is 410 g/mol. The quantitative estimate of drug-likeness (QED) is 0.537. The zero-order valence-electron chi connectivity index (χ0n) is 18.6. The highest BCUT2D eigenvalue weighted by Crippen LogP contribution is 2.57. The summed E-state index contributed by atoms with van der Waals surface area (Å²) in [5.41, 5.74) is -0.154. The van der Waals surface area contributed by atoms with Gasteiger partial charge in [0.25, 0.3) is 0 Å². The molecule has 0 spiro atoms. The first kappa shape index (κ1) is 22.0. The van der Waals surface area contributed by atoms with Gasteiger partial charge in [0, 0.05) is 0 Å². The Hall–Kier alpha value is -3.19. The SMILES string of the molecule is COC(=O)[C@@H]1C2C(=O)OC[C@](C)(c3ccccc3)N2[C@](C)(c2ccccc2)[C@H]1C(=O)OC. The molecule has 1 unspecified atom stereocenters. The van der Waals surface area contributed by atoms with Crippen molar-refractivity contribution in [3.05, 3.63) is 71.8 Å². The highest BCUT2D eigenvalue weighted by atomic mass is 16.5. The summed E-state index contributed by atoms with van der Waals surface area (Å²) in [6.07, 6.45) is 0. The number of morpholine rings is 1. The van der Waals surface area contributed by atoms with Crippen LogP contribution in [0.25, 0.3) is 0 Å². The van der Waals surface area contributed by atoms with Gasteiger partial charge in [0.15, 0.2) is 0 Å². The lowest BCUT2D eigenvalue weighted by Gasteiger charge is -2.53. The summed E-state index contributed by atoms with van der Waals surface area (Å²) >= 11 is 0. The van der Waals surface area contributed by atoms with Crippen molar-refractivity contribution in [2.75, 3.05) is 20.8 Å². The molecule has 2 aromatic rings. The minimum Gasteiger partial charge on any atom is -0.469 e. The Morgan fingerprint density at radius 3 is 1.97 bits per heavy atom. The van der Waals surface area contributed by atoms with Crippen molar-refractivity contribution in [3.63, 3.8) is 0 Å². The van der Waals surface area contributed by atoms with Gasteiger partial charge in [-0.25, -0.2) is 0 Å². The molecule has 0 bridgehead atoms. The highest BCUT2D eigenvalue weighted by Gasteiger charge is 2.70. The van der Waals surface area contributed by atoms with Crippen LogP contribution in [-0.2, 0) is 39.7 Å². The predicted molar refractivity (Wildman–Crippen MR) is 115 cm³/mol. The van der Waals surface area contributed by atoms with E-state index in [2.05, 4.69) is 0 Å². The van der Waals surface area contributed by atoms with E-state index in [0.29, 0.717) is 0 Å². The fourth-order valence-electron chi connectivity index (χ4n) is 5.59. The normalized spacial score (nSPS) is 32.0. The second-order valence-electron chi connectivity index (χ2n) is 8.63. The van der Waals surface area contributed by atoms with Gasteiger partial charge in [-0.3, -0.25) is 19.3 Å². The Bertz CT molecular complexity index is 1030. The highest BCUT2D eigenvalue weighted by molar-refractivity contribution is 5.92. The molecule has 2 aliphatic rings. The number of nitrogens with zero attached hydrogens (tertiary/aromatic N) is 1. The van der Waals surface area contributed by atoms with Crippen LogP contribution in [0.5, 0.6) is 0 Å². The number of esters is 3. The summed E-state index contributed by atoms with van der Waals surface area (Å²) in [7, 11) is 2.54. The van der Waals surface area contributed by atoms with E-state index in [1.54, 1.807) is 0 Å². The van der Waals surface area contributed by atoms with E-state index in [1.165, 1.54) is 14.2 Å². The molecule has 2 saturated heterocycles. The molecule has 2 aromatic carbocycles. The van der Waals surface area contributed by atoms with Crippen LogP contribution in [-0.4, -0.2) is 49.7 Å². The molecule has 2 heterocycles. The van der Waals surface area contributed by atoms with E-state index >= 15 is 0 Å². The number of methoxy groups -OCH3 is 2. The maximum absolute atomic E-state index is 13.2. The Balaban J connectivity index is 2.04. The molecule has 168 valence electrons. The van der Waals surface area contributed by atoms with Crippen LogP contribution >= 0.6 is 0 Å². The van der Waals surface area contributed by atoms with E-state index in [9.17, 15) is 14.4 Å². The van der Waals surface area contributed by atoms with Crippen LogP contribution in [0, 0.1) is 11.8 Å². The molecular formula is C25H27NO6. The lowest BCUT2D eigenvalue weighted by Crippen LogP contribution is -2.64. The number of rotatable bonds is 4. The first-order valence-corrected chi connectivity index (χ1v) is 10.5. The van der Waals surface area contributed by atoms with Gasteiger partial charge in [-0.2, -0.15) is 0 Å². The average molecular weight is 437 g/mol. The molecule has 0 radical (unpaired) electrons. The van der Waals surface area contributed by atoms with Crippen molar-refractivity contribution in [1.29, 1.82) is 0 Å². The summed E-state index contributed by atoms with van der Waals surface area (Å²) in [6.45, 7) is 3.94. The second kappa shape index (κ2) is 8.06. The number of carbonyl (C=O) groups excluding carboxylic acids is 3. The van der Waals surface area contributed by atoms with Crippen molar-refractivity contribution in [1.82, 2.24) is 4.90 Å². The van der Waals surface area contributed by atoms with Gasteiger partial charge in [0.05, 0.1) is 37.1 Å². The molecule has 0 aliphatic carbocycles. The van der Waals surface area contributed by atoms with Crippen LogP contribution in [0.3, 0.4) is 0 Å². The van der Waals surface area contributed by atoms with Crippen LogP contribution < -0.4 is 0 Å². The maximum atomic E-state index is 13.2. The molecule has 4 rings (SSSR count). The largest absolute Gasteiger partial charge is 0.469 e. The molecule has 7 heteroatoms. The van der Waals surface area contributed by atoms with E-state index in [1.807, 2.05) is 79.4 Å². The Kier molecular flexibility index (Phi) is 5.54. The third-order valence-corrected chi connectivity index (χ3v) is 7.03. The number of ether oxygens (including phenoxy) is 3. The number of benzene rings is 2. The molecule has 7 nitrogen and oxygen atoms in total. The summed E-state index contributed by atoms with van der Waals surface area (Å²) in [4.78, 5) is 41.4. The van der Waals surface area contributed by atoms with Crippen LogP contribution in [0.1, 0.15) is 25.0 Å². The molecule has 0 N–H and O–H groups in total. The first-order chi connectivity index (χ1) is 15.3. The molecule has 2 fully saturated rings. The van der Waals surface area contributed by atoms with Crippen molar-refractivity contribution in [2.45, 2.75) is 31.0 Å². The maximum Gasteiger partial charge on any atom is 0.324 e. The second-order valence-corrected chi connectivity index (χ2v) is 8.63. The molecule has 2 aliphatic heterocycles. The summed E-state index contributed by atoms with van der Waals surface area (Å²) in [5, 5.41) is 0. The molecule has 0 amide bonds. The van der Waals surface area contributed by atoms with Crippen molar-refractivity contribution in [3.8, 4) is 0 Å². The van der Waals surface area contributed by atoms with Gasteiger partial charge in [-0.1, -0.05) is 60.7 Å². The van der Waals surface area contributed by atoms with Gasteiger partial charge >= 0.3 is 17.9 Å². The molecule has 5 atom stereocenters. The van der Waals surface area contributed by atoms with Gasteiger partial charge in [-0.15, -0.1) is 0 Å². The topological polar surface area (TPSA) is 82.1 Å². The molecule has 32 heavy (non-hydrogen) atoms. The van der Waals surface area contributed by atoms with Crippen LogP contribution in [0.15, 0.2) is 60.7 Å². The summed E-state index contributed by atoms with van der Waals surface area (Å²) < 4.78 is 15.9. The zero-order valence-corrected chi connectivity index (χ0v) is 18.6. The smallest absolute Gasteiger partial charge is 0.324 e. The molecule has 0 aromatic heterocycles. The summed E-state index contributed by atoms with van der Waals surface area (Å²) in [6, 6.07) is 18.1. The fraction of sp³-hybridized carbons (Fsp3) is 0.400. The Morgan fingerprint density at radius 1 is 0.906 bits per heavy atom. The van der Waals surface area contributed by atoms with Gasteiger partial charge in [0.2, 0.25) is 0 Å². The van der Waals surface area contributed by atoms with Gasteiger partial charge in [-0.05, 0) is 25.0 Å². The average Bonchev–Trinajstić information content (AvgIpc) is 3.13. The first-order valence-electron chi connectivity index (χ1n) is 10.5. The van der Waals surface area contributed by atoms with E-state index in [0.717, 1.165) is 11.1 Å². The van der Waals surface area contributed by atoms with E-state index < -0.39 is 46.9 Å². The minimum absolute atomic E-state index is 0.0799. The van der Waals surface area contributed by atoms with Crippen molar-refractivity contribution in [2.24, 2.45) is 11.8 Å². The number of carbonyl (C=O) groups is 3.